The van der Waals surface area contributed by atoms with Crippen molar-refractivity contribution in [1.82, 2.24) is 5.32 Å². The minimum absolute atomic E-state index is 0.152. The van der Waals surface area contributed by atoms with Crippen LogP contribution >= 0.6 is 0 Å². The number of amides is 1. The molecule has 2 atom stereocenters. The van der Waals surface area contributed by atoms with Crippen LogP contribution in [0.15, 0.2) is 0 Å². The van der Waals surface area contributed by atoms with Gasteiger partial charge in [-0.1, -0.05) is 6.92 Å². The van der Waals surface area contributed by atoms with Gasteiger partial charge in [0, 0.05) is 13.0 Å². The van der Waals surface area contributed by atoms with Crippen LogP contribution < -0.4 is 11.1 Å². The van der Waals surface area contributed by atoms with Crippen LogP contribution in [0.3, 0.4) is 0 Å². The first kappa shape index (κ1) is 9.52. The molecule has 0 aromatic rings. The summed E-state index contributed by atoms with van der Waals surface area (Å²) >= 11 is 0. The summed E-state index contributed by atoms with van der Waals surface area (Å²) in [5.74, 6) is 1.71. The Morgan fingerprint density at radius 1 is 1.67 bits per heavy atom. The molecule has 1 saturated carbocycles. The maximum absolute atomic E-state index is 11.1. The first-order valence-corrected chi connectivity index (χ1v) is 4.70. The fourth-order valence-electron chi connectivity index (χ4n) is 1.28. The van der Waals surface area contributed by atoms with Crippen LogP contribution in [-0.2, 0) is 4.79 Å². The fraction of sp³-hybridized carbons (Fsp3) is 0.889. The number of hydrogen-bond acceptors (Lipinski definition) is 2. The Morgan fingerprint density at radius 2 is 2.33 bits per heavy atom. The van der Waals surface area contributed by atoms with Crippen LogP contribution in [0, 0.1) is 11.8 Å². The monoisotopic (exact) mass is 170 g/mol. The van der Waals surface area contributed by atoms with Gasteiger partial charge in [0.15, 0.2) is 0 Å². The summed E-state index contributed by atoms with van der Waals surface area (Å²) in [5.41, 5.74) is 5.29. The molecule has 3 heteroatoms. The molecule has 1 fully saturated rings. The molecule has 0 heterocycles. The molecule has 0 aromatic heterocycles. The molecule has 1 amide bonds. The predicted octanol–water partition coefficient (Wildman–Crippen LogP) is 0.497. The van der Waals surface area contributed by atoms with Crippen LogP contribution in [0.5, 0.6) is 0 Å². The number of rotatable bonds is 5. The van der Waals surface area contributed by atoms with Crippen molar-refractivity contribution in [1.29, 1.82) is 0 Å². The molecule has 0 radical (unpaired) electrons. The van der Waals surface area contributed by atoms with E-state index in [1.54, 1.807) is 0 Å². The molecule has 0 saturated heterocycles. The lowest BCUT2D eigenvalue weighted by molar-refractivity contribution is -0.121. The van der Waals surface area contributed by atoms with Gasteiger partial charge in [0.05, 0.1) is 0 Å². The summed E-state index contributed by atoms with van der Waals surface area (Å²) in [7, 11) is 0. The first-order chi connectivity index (χ1) is 5.74. The van der Waals surface area contributed by atoms with Crippen molar-refractivity contribution >= 4 is 5.91 Å². The molecule has 3 nitrogen and oxygen atoms in total. The van der Waals surface area contributed by atoms with Gasteiger partial charge in [-0.15, -0.1) is 0 Å². The molecule has 0 spiro atoms. The summed E-state index contributed by atoms with van der Waals surface area (Å²) in [6.07, 6.45) is 2.65. The number of hydrogen-bond donors (Lipinski definition) is 2. The first-order valence-electron chi connectivity index (χ1n) is 4.70. The summed E-state index contributed by atoms with van der Waals surface area (Å²) in [4.78, 5) is 11.1. The minimum atomic E-state index is 0.152. The highest BCUT2D eigenvalue weighted by Gasteiger charge is 2.32. The highest BCUT2D eigenvalue weighted by atomic mass is 16.1. The quantitative estimate of drug-likeness (QED) is 0.631. The van der Waals surface area contributed by atoms with E-state index in [-0.39, 0.29) is 5.91 Å². The minimum Gasteiger partial charge on any atom is -0.356 e. The molecule has 1 rings (SSSR count). The van der Waals surface area contributed by atoms with Gasteiger partial charge in [-0.25, -0.2) is 0 Å². The zero-order chi connectivity index (χ0) is 8.97. The average Bonchev–Trinajstić information content (AvgIpc) is 2.75. The molecule has 0 aliphatic heterocycles. The van der Waals surface area contributed by atoms with E-state index in [0.717, 1.165) is 24.8 Å². The molecule has 0 bridgehead atoms. The highest BCUT2D eigenvalue weighted by molar-refractivity contribution is 5.75. The van der Waals surface area contributed by atoms with E-state index in [0.29, 0.717) is 13.0 Å². The normalized spacial score (nSPS) is 26.8. The van der Waals surface area contributed by atoms with Gasteiger partial charge in [-0.3, -0.25) is 4.79 Å². The van der Waals surface area contributed by atoms with Crippen molar-refractivity contribution < 1.29 is 4.79 Å². The molecule has 70 valence electrons. The second kappa shape index (κ2) is 4.45. The van der Waals surface area contributed by atoms with Gasteiger partial charge in [0.25, 0.3) is 0 Å². The number of carbonyl (C=O) groups excluding carboxylic acids is 1. The van der Waals surface area contributed by atoms with E-state index >= 15 is 0 Å². The summed E-state index contributed by atoms with van der Waals surface area (Å²) in [6, 6.07) is 0. The van der Waals surface area contributed by atoms with E-state index < -0.39 is 0 Å². The Kier molecular flexibility index (Phi) is 3.53. The molecular formula is C9H18N2O. The third-order valence-electron chi connectivity index (χ3n) is 2.45. The number of nitrogens with two attached hydrogens (primary N) is 1. The second-order valence-electron chi connectivity index (χ2n) is 3.67. The van der Waals surface area contributed by atoms with Crippen LogP contribution in [-0.4, -0.2) is 19.0 Å². The largest absolute Gasteiger partial charge is 0.356 e. The Hall–Kier alpha value is -0.570. The summed E-state index contributed by atoms with van der Waals surface area (Å²) in [6.45, 7) is 3.69. The van der Waals surface area contributed by atoms with E-state index in [1.165, 1.54) is 6.42 Å². The summed E-state index contributed by atoms with van der Waals surface area (Å²) in [5, 5.41) is 2.92. The maximum Gasteiger partial charge on any atom is 0.220 e. The molecule has 12 heavy (non-hydrogen) atoms. The van der Waals surface area contributed by atoms with Gasteiger partial charge < -0.3 is 11.1 Å². The van der Waals surface area contributed by atoms with E-state index in [1.807, 2.05) is 0 Å². The highest BCUT2D eigenvalue weighted by Crippen LogP contribution is 2.36. The van der Waals surface area contributed by atoms with E-state index in [2.05, 4.69) is 12.2 Å². The van der Waals surface area contributed by atoms with Crippen molar-refractivity contribution in [3.8, 4) is 0 Å². The van der Waals surface area contributed by atoms with Crippen molar-refractivity contribution in [2.24, 2.45) is 17.6 Å². The van der Waals surface area contributed by atoms with Crippen molar-refractivity contribution in [3.63, 3.8) is 0 Å². The molecular weight excluding hydrogens is 152 g/mol. The van der Waals surface area contributed by atoms with Crippen LogP contribution in [0.25, 0.3) is 0 Å². The lowest BCUT2D eigenvalue weighted by Crippen LogP contribution is -2.26. The van der Waals surface area contributed by atoms with Gasteiger partial charge in [-0.05, 0) is 31.2 Å². The third kappa shape index (κ3) is 3.22. The predicted molar refractivity (Wildman–Crippen MR) is 48.6 cm³/mol. The molecule has 3 N–H and O–H groups in total. The Labute approximate surface area is 73.7 Å². The Morgan fingerprint density at radius 3 is 2.83 bits per heavy atom. The molecule has 1 aliphatic rings. The van der Waals surface area contributed by atoms with Crippen LogP contribution in [0.2, 0.25) is 0 Å². The zero-order valence-electron chi connectivity index (χ0n) is 7.68. The van der Waals surface area contributed by atoms with Crippen molar-refractivity contribution in [3.05, 3.63) is 0 Å². The zero-order valence-corrected chi connectivity index (χ0v) is 7.68. The SMILES string of the molecule is CC1CC1CNC(=O)CCCN. The average molecular weight is 170 g/mol. The molecule has 2 unspecified atom stereocenters. The Bertz CT molecular complexity index is 159. The fourth-order valence-corrected chi connectivity index (χ4v) is 1.28. The van der Waals surface area contributed by atoms with Crippen LogP contribution in [0.1, 0.15) is 26.2 Å². The lowest BCUT2D eigenvalue weighted by atomic mass is 10.3. The van der Waals surface area contributed by atoms with Crippen LogP contribution in [0.4, 0.5) is 0 Å². The van der Waals surface area contributed by atoms with E-state index in [4.69, 9.17) is 5.73 Å². The smallest absolute Gasteiger partial charge is 0.220 e. The topological polar surface area (TPSA) is 55.1 Å². The summed E-state index contributed by atoms with van der Waals surface area (Å²) < 4.78 is 0. The third-order valence-corrected chi connectivity index (χ3v) is 2.45. The van der Waals surface area contributed by atoms with Crippen molar-refractivity contribution in [2.75, 3.05) is 13.1 Å². The van der Waals surface area contributed by atoms with Crippen molar-refractivity contribution in [2.45, 2.75) is 26.2 Å². The standard InChI is InChI=1S/C9H18N2O/c1-7-5-8(7)6-11-9(12)3-2-4-10/h7-8H,2-6,10H2,1H3,(H,11,12). The number of carbonyl (C=O) groups is 1. The van der Waals surface area contributed by atoms with Gasteiger partial charge in [0.1, 0.15) is 0 Å². The lowest BCUT2D eigenvalue weighted by Gasteiger charge is -2.02. The van der Waals surface area contributed by atoms with Gasteiger partial charge in [0.2, 0.25) is 5.91 Å². The second-order valence-corrected chi connectivity index (χ2v) is 3.67. The molecule has 0 aromatic carbocycles. The van der Waals surface area contributed by atoms with Gasteiger partial charge >= 0.3 is 0 Å². The van der Waals surface area contributed by atoms with E-state index in [9.17, 15) is 4.79 Å². The maximum atomic E-state index is 11.1. The molecule has 1 aliphatic carbocycles. The Balaban J connectivity index is 1.95. The number of nitrogens with one attached hydrogen (secondary N) is 1. The van der Waals surface area contributed by atoms with Gasteiger partial charge in [-0.2, -0.15) is 0 Å².